The van der Waals surface area contributed by atoms with Crippen LogP contribution in [-0.4, -0.2) is 21.6 Å². The molecule has 0 saturated heterocycles. The smallest absolute Gasteiger partial charge is 0.282 e. The van der Waals surface area contributed by atoms with E-state index in [1.807, 2.05) is 0 Å². The van der Waals surface area contributed by atoms with Crippen molar-refractivity contribution in [2.24, 2.45) is 5.10 Å². The molecule has 112 valence electrons. The van der Waals surface area contributed by atoms with Gasteiger partial charge in [-0.25, -0.2) is 5.43 Å². The molecule has 0 aromatic heterocycles. The molecule has 0 saturated carbocycles. The Morgan fingerprint density at radius 1 is 1.18 bits per heavy atom. The Labute approximate surface area is 126 Å². The monoisotopic (exact) mass is 299 g/mol. The van der Waals surface area contributed by atoms with Crippen molar-refractivity contribution in [3.8, 4) is 5.75 Å². The molecule has 0 aliphatic rings. The van der Waals surface area contributed by atoms with E-state index in [0.29, 0.717) is 11.3 Å². The van der Waals surface area contributed by atoms with E-state index in [2.05, 4.69) is 10.5 Å². The van der Waals surface area contributed by atoms with E-state index in [-0.39, 0.29) is 17.0 Å². The number of rotatable bonds is 4. The summed E-state index contributed by atoms with van der Waals surface area (Å²) in [5.41, 5.74) is 3.16. The highest BCUT2D eigenvalue weighted by atomic mass is 16.6. The number of aromatic hydroxyl groups is 1. The summed E-state index contributed by atoms with van der Waals surface area (Å²) in [5, 5.41) is 24.0. The summed E-state index contributed by atoms with van der Waals surface area (Å²) in [6, 6.07) is 11.9. The van der Waals surface area contributed by atoms with E-state index in [1.54, 1.807) is 25.1 Å². The van der Waals surface area contributed by atoms with Gasteiger partial charge in [0.2, 0.25) is 0 Å². The number of para-hydroxylation sites is 1. The molecule has 7 nitrogen and oxygen atoms in total. The summed E-state index contributed by atoms with van der Waals surface area (Å²) in [6.07, 6.45) is 0. The minimum absolute atomic E-state index is 0.0604. The van der Waals surface area contributed by atoms with Gasteiger partial charge in [-0.1, -0.05) is 12.1 Å². The van der Waals surface area contributed by atoms with Gasteiger partial charge in [0.1, 0.15) is 11.3 Å². The molecule has 0 fully saturated rings. The summed E-state index contributed by atoms with van der Waals surface area (Å²) in [5.74, 6) is -0.536. The van der Waals surface area contributed by atoms with Crippen LogP contribution in [0.1, 0.15) is 22.8 Å². The predicted octanol–water partition coefficient (Wildman–Crippen LogP) is 2.45. The maximum atomic E-state index is 12.0. The molecule has 0 spiro atoms. The number of nitro groups is 1. The number of nitro benzene ring substituents is 1. The fraction of sp³-hybridized carbons (Fsp3) is 0.0667. The molecule has 0 bridgehead atoms. The van der Waals surface area contributed by atoms with Gasteiger partial charge in [-0.05, 0) is 42.8 Å². The molecule has 2 aromatic rings. The van der Waals surface area contributed by atoms with Crippen molar-refractivity contribution in [2.75, 3.05) is 0 Å². The maximum absolute atomic E-state index is 12.0. The van der Waals surface area contributed by atoms with Crippen molar-refractivity contribution in [3.05, 3.63) is 69.8 Å². The largest absolute Gasteiger partial charge is 0.508 e. The zero-order chi connectivity index (χ0) is 16.1. The number of nitrogens with zero attached hydrogens (tertiary/aromatic N) is 2. The van der Waals surface area contributed by atoms with Crippen LogP contribution in [0.15, 0.2) is 53.6 Å². The van der Waals surface area contributed by atoms with Crippen molar-refractivity contribution in [1.82, 2.24) is 5.43 Å². The number of benzene rings is 2. The zero-order valence-electron chi connectivity index (χ0n) is 11.7. The number of carbonyl (C=O) groups is 1. The SMILES string of the molecule is C/C(=N\NC(=O)c1ccccc1[N+](=O)[O-])c1ccc(O)cc1. The van der Waals surface area contributed by atoms with Crippen molar-refractivity contribution in [3.63, 3.8) is 0 Å². The van der Waals surface area contributed by atoms with Gasteiger partial charge in [-0.3, -0.25) is 14.9 Å². The van der Waals surface area contributed by atoms with Crippen LogP contribution >= 0.6 is 0 Å². The molecule has 7 heteroatoms. The van der Waals surface area contributed by atoms with E-state index in [4.69, 9.17) is 0 Å². The van der Waals surface area contributed by atoms with Crippen molar-refractivity contribution < 1.29 is 14.8 Å². The van der Waals surface area contributed by atoms with Gasteiger partial charge in [0.25, 0.3) is 11.6 Å². The first-order chi connectivity index (χ1) is 10.5. The Bertz CT molecular complexity index is 739. The molecule has 1 amide bonds. The van der Waals surface area contributed by atoms with E-state index in [0.717, 1.165) is 0 Å². The molecule has 2 N–H and O–H groups in total. The van der Waals surface area contributed by atoms with Gasteiger partial charge in [0.05, 0.1) is 10.6 Å². The lowest BCUT2D eigenvalue weighted by Crippen LogP contribution is -2.20. The molecule has 0 heterocycles. The van der Waals surface area contributed by atoms with Crippen LogP contribution in [0.25, 0.3) is 0 Å². The van der Waals surface area contributed by atoms with Gasteiger partial charge in [0, 0.05) is 6.07 Å². The Balaban J connectivity index is 2.17. The Hall–Kier alpha value is -3.22. The average Bonchev–Trinajstić information content (AvgIpc) is 2.53. The lowest BCUT2D eigenvalue weighted by molar-refractivity contribution is -0.385. The third kappa shape index (κ3) is 3.45. The molecular weight excluding hydrogens is 286 g/mol. The Kier molecular flexibility index (Phi) is 4.47. The highest BCUT2D eigenvalue weighted by Gasteiger charge is 2.18. The minimum atomic E-state index is -0.662. The van der Waals surface area contributed by atoms with Gasteiger partial charge in [0.15, 0.2) is 0 Å². The highest BCUT2D eigenvalue weighted by Crippen LogP contribution is 2.17. The van der Waals surface area contributed by atoms with Gasteiger partial charge in [-0.15, -0.1) is 0 Å². The van der Waals surface area contributed by atoms with Crippen LogP contribution in [0.2, 0.25) is 0 Å². The van der Waals surface area contributed by atoms with Gasteiger partial charge < -0.3 is 5.11 Å². The lowest BCUT2D eigenvalue weighted by Gasteiger charge is -2.04. The second-order valence-corrected chi connectivity index (χ2v) is 4.46. The molecule has 2 aromatic carbocycles. The quantitative estimate of drug-likeness (QED) is 0.514. The molecule has 22 heavy (non-hydrogen) atoms. The van der Waals surface area contributed by atoms with Crippen LogP contribution in [0, 0.1) is 10.1 Å². The van der Waals surface area contributed by atoms with Crippen LogP contribution in [0.4, 0.5) is 5.69 Å². The topological polar surface area (TPSA) is 105 Å². The molecule has 0 radical (unpaired) electrons. The first-order valence-corrected chi connectivity index (χ1v) is 6.36. The van der Waals surface area contributed by atoms with E-state index in [1.165, 1.54) is 30.3 Å². The molecule has 0 aliphatic carbocycles. The van der Waals surface area contributed by atoms with Gasteiger partial charge in [-0.2, -0.15) is 5.10 Å². The van der Waals surface area contributed by atoms with Crippen LogP contribution in [0.5, 0.6) is 5.75 Å². The van der Waals surface area contributed by atoms with Crippen LogP contribution in [0.3, 0.4) is 0 Å². The number of hydrazone groups is 1. The molecule has 0 aliphatic heterocycles. The summed E-state index contributed by atoms with van der Waals surface area (Å²) in [7, 11) is 0. The number of hydrogen-bond acceptors (Lipinski definition) is 5. The molecule has 0 atom stereocenters. The van der Waals surface area contributed by atoms with Crippen molar-refractivity contribution in [1.29, 1.82) is 0 Å². The van der Waals surface area contributed by atoms with Crippen LogP contribution < -0.4 is 5.43 Å². The predicted molar refractivity (Wildman–Crippen MR) is 80.9 cm³/mol. The maximum Gasteiger partial charge on any atom is 0.282 e. The third-order valence-corrected chi connectivity index (χ3v) is 2.96. The standard InChI is InChI=1S/C15H13N3O4/c1-10(11-6-8-12(19)9-7-11)16-17-15(20)13-4-2-3-5-14(13)18(21)22/h2-9,19H,1H3,(H,17,20)/b16-10+. The van der Waals surface area contributed by atoms with E-state index >= 15 is 0 Å². The van der Waals surface area contributed by atoms with Crippen molar-refractivity contribution in [2.45, 2.75) is 6.92 Å². The third-order valence-electron chi connectivity index (χ3n) is 2.96. The average molecular weight is 299 g/mol. The zero-order valence-corrected chi connectivity index (χ0v) is 11.7. The fourth-order valence-corrected chi connectivity index (χ4v) is 1.79. The summed E-state index contributed by atoms with van der Waals surface area (Å²) >= 11 is 0. The molecule has 2 rings (SSSR count). The van der Waals surface area contributed by atoms with E-state index in [9.17, 15) is 20.0 Å². The number of phenols is 1. The second-order valence-electron chi connectivity index (χ2n) is 4.46. The second kappa shape index (κ2) is 6.49. The highest BCUT2D eigenvalue weighted by molar-refractivity contribution is 6.02. The summed E-state index contributed by atoms with van der Waals surface area (Å²) < 4.78 is 0. The van der Waals surface area contributed by atoms with Gasteiger partial charge >= 0.3 is 0 Å². The number of phenolic OH excluding ortho intramolecular Hbond substituents is 1. The normalized spacial score (nSPS) is 11.0. The Morgan fingerprint density at radius 2 is 1.82 bits per heavy atom. The fourth-order valence-electron chi connectivity index (χ4n) is 1.79. The van der Waals surface area contributed by atoms with Crippen LogP contribution in [-0.2, 0) is 0 Å². The lowest BCUT2D eigenvalue weighted by atomic mass is 10.1. The first-order valence-electron chi connectivity index (χ1n) is 6.36. The number of hydrogen-bond donors (Lipinski definition) is 2. The van der Waals surface area contributed by atoms with Crippen molar-refractivity contribution >= 4 is 17.3 Å². The first kappa shape index (κ1) is 15.2. The minimum Gasteiger partial charge on any atom is -0.508 e. The molecule has 0 unspecified atom stereocenters. The summed E-state index contributed by atoms with van der Waals surface area (Å²) in [6.45, 7) is 1.67. The van der Waals surface area contributed by atoms with E-state index < -0.39 is 10.8 Å². The Morgan fingerprint density at radius 3 is 2.45 bits per heavy atom. The molecular formula is C15H13N3O4. The summed E-state index contributed by atoms with van der Waals surface area (Å²) in [4.78, 5) is 22.3. The number of carbonyl (C=O) groups excluding carboxylic acids is 1. The number of amides is 1. The number of nitrogens with one attached hydrogen (secondary N) is 1.